The summed E-state index contributed by atoms with van der Waals surface area (Å²) in [4.78, 5) is 2.19. The molecule has 1 aromatic carbocycles. The van der Waals surface area contributed by atoms with Gasteiger partial charge in [-0.2, -0.15) is 0 Å². The second-order valence-corrected chi connectivity index (χ2v) is 5.59. The lowest BCUT2D eigenvalue weighted by molar-refractivity contribution is 0.504. The van der Waals surface area contributed by atoms with E-state index in [9.17, 15) is 8.78 Å². The first-order chi connectivity index (χ1) is 9.24. The van der Waals surface area contributed by atoms with Gasteiger partial charge in [0.05, 0.1) is 0 Å². The number of nitrogens with zero attached hydrogens (tertiary/aromatic N) is 1. The van der Waals surface area contributed by atoms with Gasteiger partial charge in [0.2, 0.25) is 0 Å². The Balaban J connectivity index is 1.88. The van der Waals surface area contributed by atoms with Gasteiger partial charge in [0, 0.05) is 30.9 Å². The number of anilines is 1. The molecule has 2 saturated heterocycles. The van der Waals surface area contributed by atoms with Crippen molar-refractivity contribution in [1.29, 1.82) is 0 Å². The lowest BCUT2D eigenvalue weighted by Crippen LogP contribution is -2.26. The van der Waals surface area contributed by atoms with Gasteiger partial charge in [-0.25, -0.2) is 8.78 Å². The van der Waals surface area contributed by atoms with E-state index < -0.39 is 11.6 Å². The van der Waals surface area contributed by atoms with Crippen molar-refractivity contribution >= 4 is 5.69 Å². The predicted octanol–water partition coefficient (Wildman–Crippen LogP) is 2.86. The van der Waals surface area contributed by atoms with Crippen LogP contribution in [0, 0.1) is 11.6 Å². The molecular formula is C15H20F2N2. The summed E-state index contributed by atoms with van der Waals surface area (Å²) in [5, 5.41) is 3.42. The van der Waals surface area contributed by atoms with Crippen LogP contribution in [-0.4, -0.2) is 25.7 Å². The van der Waals surface area contributed by atoms with Crippen molar-refractivity contribution in [1.82, 2.24) is 5.32 Å². The highest BCUT2D eigenvalue weighted by atomic mass is 19.2. The molecule has 1 N–H and O–H groups in total. The summed E-state index contributed by atoms with van der Waals surface area (Å²) in [5.74, 6) is -1.46. The molecule has 0 amide bonds. The largest absolute Gasteiger partial charge is 0.371 e. The first-order valence-corrected chi connectivity index (χ1v) is 7.20. The minimum absolute atomic E-state index is 0.409. The molecule has 0 saturated carbocycles. The summed E-state index contributed by atoms with van der Waals surface area (Å²) >= 11 is 0. The molecule has 1 unspecified atom stereocenters. The van der Waals surface area contributed by atoms with Gasteiger partial charge in [-0.3, -0.25) is 0 Å². The van der Waals surface area contributed by atoms with Gasteiger partial charge in [0.25, 0.3) is 0 Å². The summed E-state index contributed by atoms with van der Waals surface area (Å²) in [6.07, 6.45) is 5.37. The molecule has 19 heavy (non-hydrogen) atoms. The molecule has 2 aliphatic rings. The van der Waals surface area contributed by atoms with Crippen molar-refractivity contribution in [2.75, 3.05) is 24.5 Å². The van der Waals surface area contributed by atoms with Gasteiger partial charge < -0.3 is 10.2 Å². The van der Waals surface area contributed by atoms with E-state index in [1.807, 2.05) is 0 Å². The van der Waals surface area contributed by atoms with E-state index in [-0.39, 0.29) is 0 Å². The lowest BCUT2D eigenvalue weighted by Gasteiger charge is -2.23. The number of rotatable bonds is 3. The fourth-order valence-electron chi connectivity index (χ4n) is 3.19. The van der Waals surface area contributed by atoms with Crippen LogP contribution in [0.2, 0.25) is 0 Å². The molecule has 1 aromatic rings. The third-order valence-electron chi connectivity index (χ3n) is 4.20. The molecule has 104 valence electrons. The zero-order valence-corrected chi connectivity index (χ0v) is 11.1. The van der Waals surface area contributed by atoms with Crippen molar-refractivity contribution in [2.45, 2.75) is 38.1 Å². The number of hydrogen-bond donors (Lipinski definition) is 1. The number of halogens is 2. The number of hydrogen-bond acceptors (Lipinski definition) is 2. The quantitative estimate of drug-likeness (QED) is 0.905. The highest BCUT2D eigenvalue weighted by molar-refractivity contribution is 5.55. The topological polar surface area (TPSA) is 15.3 Å². The zero-order chi connectivity index (χ0) is 13.2. The van der Waals surface area contributed by atoms with E-state index in [0.717, 1.165) is 56.6 Å². The fourth-order valence-corrected chi connectivity index (χ4v) is 3.19. The van der Waals surface area contributed by atoms with Crippen molar-refractivity contribution in [2.24, 2.45) is 0 Å². The Morgan fingerprint density at radius 2 is 1.84 bits per heavy atom. The van der Waals surface area contributed by atoms with Gasteiger partial charge in [-0.15, -0.1) is 0 Å². The van der Waals surface area contributed by atoms with Crippen LogP contribution < -0.4 is 10.2 Å². The molecule has 0 aliphatic carbocycles. The van der Waals surface area contributed by atoms with E-state index in [1.54, 1.807) is 0 Å². The van der Waals surface area contributed by atoms with Crippen molar-refractivity contribution in [3.8, 4) is 0 Å². The normalized spacial score (nSPS) is 23.3. The second kappa shape index (κ2) is 5.45. The standard InChI is InChI=1S/C15H20F2N2/c16-13-9-11(8-12-4-3-5-18-12)15(10-14(13)17)19-6-1-2-7-19/h9-10,12,18H,1-8H2. The molecule has 0 bridgehead atoms. The molecule has 2 aliphatic heterocycles. The van der Waals surface area contributed by atoms with Crippen molar-refractivity contribution < 1.29 is 8.78 Å². The molecule has 2 heterocycles. The maximum absolute atomic E-state index is 13.5. The summed E-state index contributed by atoms with van der Waals surface area (Å²) in [6.45, 7) is 2.94. The van der Waals surface area contributed by atoms with E-state index in [4.69, 9.17) is 0 Å². The van der Waals surface area contributed by atoms with Gasteiger partial charge in [0.15, 0.2) is 11.6 Å². The maximum Gasteiger partial charge on any atom is 0.160 e. The molecule has 0 aromatic heterocycles. The lowest BCUT2D eigenvalue weighted by atomic mass is 10.0. The number of nitrogens with one attached hydrogen (secondary N) is 1. The van der Waals surface area contributed by atoms with Crippen LogP contribution in [0.4, 0.5) is 14.5 Å². The maximum atomic E-state index is 13.5. The minimum Gasteiger partial charge on any atom is -0.371 e. The van der Waals surface area contributed by atoms with Crippen LogP contribution in [0.1, 0.15) is 31.2 Å². The Morgan fingerprint density at radius 3 is 2.53 bits per heavy atom. The van der Waals surface area contributed by atoms with E-state index >= 15 is 0 Å². The van der Waals surface area contributed by atoms with E-state index in [1.165, 1.54) is 18.6 Å². The van der Waals surface area contributed by atoms with Crippen LogP contribution in [0.3, 0.4) is 0 Å². The van der Waals surface area contributed by atoms with Crippen LogP contribution in [-0.2, 0) is 6.42 Å². The van der Waals surface area contributed by atoms with Gasteiger partial charge in [-0.05, 0) is 50.3 Å². The Morgan fingerprint density at radius 1 is 1.11 bits per heavy atom. The Bertz CT molecular complexity index is 450. The van der Waals surface area contributed by atoms with E-state index in [0.29, 0.717) is 6.04 Å². The molecule has 2 nitrogen and oxygen atoms in total. The molecule has 2 fully saturated rings. The summed E-state index contributed by atoms with van der Waals surface area (Å²) in [5.41, 5.74) is 1.84. The molecule has 0 spiro atoms. The highest BCUT2D eigenvalue weighted by Crippen LogP contribution is 2.29. The van der Waals surface area contributed by atoms with Crippen LogP contribution in [0.5, 0.6) is 0 Å². The Hall–Kier alpha value is -1.16. The van der Waals surface area contributed by atoms with Crippen molar-refractivity contribution in [3.63, 3.8) is 0 Å². The summed E-state index contributed by atoms with van der Waals surface area (Å²) < 4.78 is 27.0. The van der Waals surface area contributed by atoms with Crippen LogP contribution in [0.25, 0.3) is 0 Å². The van der Waals surface area contributed by atoms with Crippen LogP contribution >= 0.6 is 0 Å². The van der Waals surface area contributed by atoms with E-state index in [2.05, 4.69) is 10.2 Å². The smallest absolute Gasteiger partial charge is 0.160 e. The Kier molecular flexibility index (Phi) is 3.69. The summed E-state index contributed by atoms with van der Waals surface area (Å²) in [6, 6.07) is 3.18. The predicted molar refractivity (Wildman–Crippen MR) is 72.5 cm³/mol. The first-order valence-electron chi connectivity index (χ1n) is 7.20. The highest BCUT2D eigenvalue weighted by Gasteiger charge is 2.22. The molecule has 1 atom stereocenters. The van der Waals surface area contributed by atoms with Gasteiger partial charge >= 0.3 is 0 Å². The van der Waals surface area contributed by atoms with Crippen molar-refractivity contribution in [3.05, 3.63) is 29.3 Å². The monoisotopic (exact) mass is 266 g/mol. The molecular weight excluding hydrogens is 246 g/mol. The fraction of sp³-hybridized carbons (Fsp3) is 0.600. The number of benzene rings is 1. The average molecular weight is 266 g/mol. The van der Waals surface area contributed by atoms with Gasteiger partial charge in [0.1, 0.15) is 0 Å². The summed E-state index contributed by atoms with van der Waals surface area (Å²) in [7, 11) is 0. The average Bonchev–Trinajstić information content (AvgIpc) is 3.06. The van der Waals surface area contributed by atoms with Crippen LogP contribution in [0.15, 0.2) is 12.1 Å². The minimum atomic E-state index is -0.731. The SMILES string of the molecule is Fc1cc(CC2CCCN2)c(N2CCCC2)cc1F. The second-order valence-electron chi connectivity index (χ2n) is 5.59. The zero-order valence-electron chi connectivity index (χ0n) is 11.1. The molecule has 4 heteroatoms. The molecule has 3 rings (SSSR count). The third kappa shape index (κ3) is 2.73. The Labute approximate surface area is 112 Å². The third-order valence-corrected chi connectivity index (χ3v) is 4.20. The molecule has 0 radical (unpaired) electrons. The van der Waals surface area contributed by atoms with Gasteiger partial charge in [-0.1, -0.05) is 0 Å². The first kappa shape index (κ1) is 12.9.